The topological polar surface area (TPSA) is 121 Å². The molecule has 2 aromatic heterocycles. The van der Waals surface area contributed by atoms with E-state index in [2.05, 4.69) is 20.5 Å². The van der Waals surface area contributed by atoms with Crippen molar-refractivity contribution in [3.8, 4) is 11.5 Å². The summed E-state index contributed by atoms with van der Waals surface area (Å²) in [6.45, 7) is 0.511. The molecule has 0 aliphatic carbocycles. The number of aryl methyl sites for hydroxylation is 1. The molecule has 0 saturated carbocycles. The fourth-order valence-corrected chi connectivity index (χ4v) is 4.17. The highest BCUT2D eigenvalue weighted by molar-refractivity contribution is 5.74. The van der Waals surface area contributed by atoms with Crippen LogP contribution in [-0.2, 0) is 27.3 Å². The first-order chi connectivity index (χ1) is 17.6. The number of esters is 1. The number of anilines is 1. The molecule has 10 heteroatoms. The highest BCUT2D eigenvalue weighted by atomic mass is 16.5. The van der Waals surface area contributed by atoms with Crippen molar-refractivity contribution in [3.63, 3.8) is 0 Å². The molecule has 1 aliphatic heterocycles. The van der Waals surface area contributed by atoms with Gasteiger partial charge in [-0.1, -0.05) is 48.5 Å². The number of rotatable bonds is 9. The number of carbonyl (C=O) groups is 1. The van der Waals surface area contributed by atoms with E-state index in [1.807, 2.05) is 60.7 Å². The number of nitrogens with zero attached hydrogens (tertiary/aromatic N) is 4. The van der Waals surface area contributed by atoms with Crippen molar-refractivity contribution in [1.82, 2.24) is 19.7 Å². The van der Waals surface area contributed by atoms with Crippen molar-refractivity contribution >= 4 is 11.7 Å². The van der Waals surface area contributed by atoms with Gasteiger partial charge in [-0.3, -0.25) is 9.36 Å². The number of ether oxygens (including phenoxy) is 2. The maximum absolute atomic E-state index is 13.3. The number of fused-ring (bicyclic) bond motifs is 1. The predicted molar refractivity (Wildman–Crippen MR) is 130 cm³/mol. The van der Waals surface area contributed by atoms with Crippen molar-refractivity contribution < 1.29 is 18.7 Å². The maximum atomic E-state index is 13.3. The van der Waals surface area contributed by atoms with E-state index in [4.69, 9.17) is 13.9 Å². The molecule has 0 fully saturated rings. The Hall–Kier alpha value is -4.31. The smallest absolute Gasteiger partial charge is 0.329 e. The summed E-state index contributed by atoms with van der Waals surface area (Å²) >= 11 is 0. The van der Waals surface area contributed by atoms with Gasteiger partial charge >= 0.3 is 5.97 Å². The lowest BCUT2D eigenvalue weighted by atomic mass is 10.2. The first kappa shape index (κ1) is 23.4. The van der Waals surface area contributed by atoms with Gasteiger partial charge < -0.3 is 19.2 Å². The summed E-state index contributed by atoms with van der Waals surface area (Å²) in [5, 5.41) is 11.5. The first-order valence-corrected chi connectivity index (χ1v) is 11.6. The van der Waals surface area contributed by atoms with Gasteiger partial charge in [0.1, 0.15) is 23.6 Å². The van der Waals surface area contributed by atoms with Crippen LogP contribution in [0.15, 0.2) is 76.1 Å². The fourth-order valence-electron chi connectivity index (χ4n) is 4.17. The minimum absolute atomic E-state index is 0.146. The Kier molecular flexibility index (Phi) is 6.85. The van der Waals surface area contributed by atoms with E-state index in [0.29, 0.717) is 31.2 Å². The Bertz CT molecular complexity index is 1390. The van der Waals surface area contributed by atoms with Crippen LogP contribution in [0.1, 0.15) is 35.8 Å². The second-order valence-electron chi connectivity index (χ2n) is 8.35. The highest BCUT2D eigenvalue weighted by Crippen LogP contribution is 2.26. The van der Waals surface area contributed by atoms with Crippen molar-refractivity contribution in [2.75, 3.05) is 19.0 Å². The lowest BCUT2D eigenvalue weighted by molar-refractivity contribution is -0.144. The summed E-state index contributed by atoms with van der Waals surface area (Å²) in [6.07, 6.45) is 2.45. The lowest BCUT2D eigenvalue weighted by Gasteiger charge is -2.18. The molecule has 2 aromatic carbocycles. The molecule has 10 nitrogen and oxygen atoms in total. The molecule has 3 heterocycles. The van der Waals surface area contributed by atoms with E-state index < -0.39 is 18.1 Å². The van der Waals surface area contributed by atoms with Crippen LogP contribution >= 0.6 is 0 Å². The Morgan fingerprint density at radius 2 is 1.89 bits per heavy atom. The molecule has 0 bridgehead atoms. The van der Waals surface area contributed by atoms with Crippen LogP contribution in [0.3, 0.4) is 0 Å². The number of methoxy groups -OCH3 is 1. The number of hydrogen-bond donors (Lipinski definition) is 1. The number of carbonyl (C=O) groups excluding carboxylic acids is 1. The van der Waals surface area contributed by atoms with E-state index in [-0.39, 0.29) is 23.7 Å². The molecule has 0 unspecified atom stereocenters. The van der Waals surface area contributed by atoms with Crippen molar-refractivity contribution in [2.24, 2.45) is 0 Å². The maximum Gasteiger partial charge on any atom is 0.329 e. The highest BCUT2D eigenvalue weighted by Gasteiger charge is 2.32. The zero-order valence-corrected chi connectivity index (χ0v) is 19.7. The predicted octanol–water partition coefficient (Wildman–Crippen LogP) is 3.32. The van der Waals surface area contributed by atoms with Crippen LogP contribution in [0.2, 0.25) is 0 Å². The van der Waals surface area contributed by atoms with Crippen LogP contribution in [-0.4, -0.2) is 39.4 Å². The molecular formula is C26H25N5O5. The van der Waals surface area contributed by atoms with Gasteiger partial charge in [0, 0.05) is 12.0 Å². The van der Waals surface area contributed by atoms with E-state index >= 15 is 0 Å². The van der Waals surface area contributed by atoms with E-state index in [1.54, 1.807) is 0 Å². The van der Waals surface area contributed by atoms with Crippen LogP contribution in [0.5, 0.6) is 0 Å². The van der Waals surface area contributed by atoms with E-state index in [0.717, 1.165) is 11.1 Å². The molecule has 2 atom stereocenters. The van der Waals surface area contributed by atoms with E-state index in [1.165, 1.54) is 17.9 Å². The normalized spacial score (nSPS) is 15.3. The third-order valence-corrected chi connectivity index (χ3v) is 5.98. The average molecular weight is 488 g/mol. The molecule has 0 amide bonds. The minimum atomic E-state index is -0.701. The quantitative estimate of drug-likeness (QED) is 0.354. The fraction of sp³-hybridized carbons (Fsp3) is 0.269. The van der Waals surface area contributed by atoms with Crippen LogP contribution in [0.4, 0.5) is 5.69 Å². The monoisotopic (exact) mass is 487 g/mol. The third kappa shape index (κ3) is 4.89. The van der Waals surface area contributed by atoms with E-state index in [9.17, 15) is 9.59 Å². The van der Waals surface area contributed by atoms with Crippen molar-refractivity contribution in [3.05, 3.63) is 94.5 Å². The summed E-state index contributed by atoms with van der Waals surface area (Å²) in [5.41, 5.74) is 1.61. The standard InChI is InChI=1S/C26H25N5O5/c1-34-26(33)21-12-13-22-27-14-19(25(32)31(21)22)28-20(16-35-15-17-8-4-2-5-9-17)24-30-29-23(36-24)18-10-6-3-7-11-18/h2-11,14,20-21,28H,12-13,15-16H2,1H3/t20-,21+/m1/s1. The Morgan fingerprint density at radius 1 is 1.14 bits per heavy atom. The zero-order chi connectivity index (χ0) is 24.9. The molecule has 0 radical (unpaired) electrons. The van der Waals surface area contributed by atoms with Gasteiger partial charge in [-0.25, -0.2) is 9.78 Å². The molecule has 36 heavy (non-hydrogen) atoms. The summed E-state index contributed by atoms with van der Waals surface area (Å²) < 4.78 is 18.2. The van der Waals surface area contributed by atoms with Gasteiger partial charge in [0.2, 0.25) is 11.8 Å². The first-order valence-electron chi connectivity index (χ1n) is 11.6. The number of hydrogen-bond acceptors (Lipinski definition) is 9. The van der Waals surface area contributed by atoms with Gasteiger partial charge in [0.05, 0.1) is 26.5 Å². The van der Waals surface area contributed by atoms with Gasteiger partial charge in [0.15, 0.2) is 0 Å². The van der Waals surface area contributed by atoms with Crippen LogP contribution in [0.25, 0.3) is 11.5 Å². The second-order valence-corrected chi connectivity index (χ2v) is 8.35. The zero-order valence-electron chi connectivity index (χ0n) is 19.7. The summed E-state index contributed by atoms with van der Waals surface area (Å²) in [4.78, 5) is 29.9. The number of aromatic nitrogens is 4. The molecule has 4 aromatic rings. The summed E-state index contributed by atoms with van der Waals surface area (Å²) in [6, 6.07) is 17.8. The number of benzene rings is 2. The Morgan fingerprint density at radius 3 is 2.64 bits per heavy atom. The van der Waals surface area contributed by atoms with Gasteiger partial charge in [0.25, 0.3) is 5.56 Å². The Balaban J connectivity index is 1.42. The second kappa shape index (κ2) is 10.5. The molecular weight excluding hydrogens is 462 g/mol. The Labute approximate surface area is 206 Å². The minimum Gasteiger partial charge on any atom is -0.467 e. The van der Waals surface area contributed by atoms with Crippen molar-refractivity contribution in [2.45, 2.75) is 31.5 Å². The SMILES string of the molecule is COC(=O)[C@@H]1CCc2ncc(N[C@H](COCc3ccccc3)c3nnc(-c4ccccc4)o3)c(=O)n21. The largest absolute Gasteiger partial charge is 0.467 e. The third-order valence-electron chi connectivity index (χ3n) is 5.98. The average Bonchev–Trinajstić information content (AvgIpc) is 3.58. The van der Waals surface area contributed by atoms with Gasteiger partial charge in [-0.2, -0.15) is 0 Å². The molecule has 184 valence electrons. The van der Waals surface area contributed by atoms with Crippen LogP contribution < -0.4 is 10.9 Å². The summed E-state index contributed by atoms with van der Waals surface area (Å²) in [5.74, 6) is 0.690. The van der Waals surface area contributed by atoms with Crippen molar-refractivity contribution in [1.29, 1.82) is 0 Å². The summed E-state index contributed by atoms with van der Waals surface area (Å²) in [7, 11) is 1.31. The number of nitrogens with one attached hydrogen (secondary N) is 1. The van der Waals surface area contributed by atoms with Gasteiger partial charge in [-0.05, 0) is 24.1 Å². The molecule has 5 rings (SSSR count). The molecule has 0 saturated heterocycles. The molecule has 0 spiro atoms. The van der Waals surface area contributed by atoms with Crippen LogP contribution in [0, 0.1) is 0 Å². The molecule has 1 N–H and O–H groups in total. The molecule has 1 aliphatic rings. The lowest BCUT2D eigenvalue weighted by Crippen LogP contribution is -2.32. The van der Waals surface area contributed by atoms with Gasteiger partial charge in [-0.15, -0.1) is 10.2 Å².